The van der Waals surface area contributed by atoms with Crippen molar-refractivity contribution in [3.63, 3.8) is 0 Å². The molecular formula is C33H46ClN9O3. The highest BCUT2D eigenvalue weighted by atomic mass is 35.5. The Labute approximate surface area is 275 Å². The zero-order valence-electron chi connectivity index (χ0n) is 27.1. The summed E-state index contributed by atoms with van der Waals surface area (Å²) < 4.78 is 7.63. The maximum atomic E-state index is 13.0. The minimum absolute atomic E-state index is 0.0800. The Morgan fingerprint density at radius 1 is 1.22 bits per heavy atom. The number of amides is 2. The molecule has 2 aromatic heterocycles. The molecule has 0 bridgehead atoms. The molecule has 3 aromatic rings. The molecule has 3 unspecified atom stereocenters. The standard InChI is InChI=1S/C33H46ClN9O3/c1-5-21-18-22(9-10-24(21)32(44)39-14-15-40-33(45)26(36)8-7-13-37-20(3)35)42-30-31-41-19-27(43(31)17-16-38-30)25-11-12-28(46-4)23(6-2)29(25)34/h9-10,12,16-19,23,25-26,29H,5-8,11,13-15,36H2,1-4H3,(H2,35,37)(H,38,42)(H,39,44)(H,40,45)/t23?,25?,26-,29?/m0/s1. The summed E-state index contributed by atoms with van der Waals surface area (Å²) in [7, 11) is 1.70. The molecule has 0 spiro atoms. The lowest BCUT2D eigenvalue weighted by Gasteiger charge is -2.33. The van der Waals surface area contributed by atoms with E-state index in [4.69, 9.17) is 32.8 Å². The van der Waals surface area contributed by atoms with E-state index >= 15 is 0 Å². The van der Waals surface area contributed by atoms with Gasteiger partial charge in [-0.3, -0.25) is 19.0 Å². The third kappa shape index (κ3) is 8.35. The first-order valence-electron chi connectivity index (χ1n) is 15.9. The topological polar surface area (TPSA) is 174 Å². The Balaban J connectivity index is 1.37. The number of alkyl halides is 1. The van der Waals surface area contributed by atoms with E-state index in [-0.39, 0.29) is 42.1 Å². The molecule has 2 amide bonds. The number of anilines is 2. The smallest absolute Gasteiger partial charge is 0.251 e. The summed E-state index contributed by atoms with van der Waals surface area (Å²) in [6.07, 6.45) is 11.1. The molecule has 0 aliphatic heterocycles. The van der Waals surface area contributed by atoms with Gasteiger partial charge in [0.2, 0.25) is 5.91 Å². The number of imidazole rings is 1. The lowest BCUT2D eigenvalue weighted by atomic mass is 9.81. The van der Waals surface area contributed by atoms with Crippen molar-refractivity contribution in [1.29, 1.82) is 0 Å². The summed E-state index contributed by atoms with van der Waals surface area (Å²) in [6, 6.07) is 4.95. The molecule has 12 nitrogen and oxygen atoms in total. The predicted molar refractivity (Wildman–Crippen MR) is 183 cm³/mol. The number of aromatic nitrogens is 3. The van der Waals surface area contributed by atoms with Crippen LogP contribution in [0.25, 0.3) is 5.65 Å². The first kappa shape index (κ1) is 34.7. The van der Waals surface area contributed by atoms with E-state index in [2.05, 4.69) is 38.9 Å². The van der Waals surface area contributed by atoms with Gasteiger partial charge in [-0.1, -0.05) is 13.8 Å². The number of halogens is 1. The Kier molecular flexibility index (Phi) is 12.4. The fraction of sp³-hybridized carbons (Fsp3) is 0.485. The molecule has 0 saturated carbocycles. The van der Waals surface area contributed by atoms with Crippen molar-refractivity contribution >= 4 is 46.4 Å². The molecule has 0 saturated heterocycles. The number of nitrogens with two attached hydrogens (primary N) is 2. The van der Waals surface area contributed by atoms with Gasteiger partial charge in [-0.2, -0.15) is 0 Å². The number of allylic oxidation sites excluding steroid dienone is 2. The van der Waals surface area contributed by atoms with E-state index in [1.165, 1.54) is 0 Å². The maximum Gasteiger partial charge on any atom is 0.251 e. The SMILES string of the molecule is CCc1cc(Nc2nccn3c(C4CC=C(OC)C(CC)C4Cl)cnc23)ccc1C(=O)NCCNC(=O)[C@@H](N)CCCN=C(C)N. The van der Waals surface area contributed by atoms with Gasteiger partial charge in [0.1, 0.15) is 0 Å². The number of methoxy groups -OCH3 is 1. The second kappa shape index (κ2) is 16.4. The molecular weight excluding hydrogens is 606 g/mol. The van der Waals surface area contributed by atoms with E-state index in [0.29, 0.717) is 48.7 Å². The van der Waals surface area contributed by atoms with Gasteiger partial charge < -0.3 is 32.2 Å². The van der Waals surface area contributed by atoms with Crippen molar-refractivity contribution in [3.05, 3.63) is 65.4 Å². The van der Waals surface area contributed by atoms with E-state index in [1.807, 2.05) is 35.9 Å². The van der Waals surface area contributed by atoms with Crippen LogP contribution in [0.2, 0.25) is 0 Å². The van der Waals surface area contributed by atoms with Crippen LogP contribution < -0.4 is 27.4 Å². The third-order valence-electron chi connectivity index (χ3n) is 8.29. The van der Waals surface area contributed by atoms with Crippen LogP contribution in [0.4, 0.5) is 11.5 Å². The van der Waals surface area contributed by atoms with Crippen LogP contribution in [0.15, 0.2) is 53.6 Å². The summed E-state index contributed by atoms with van der Waals surface area (Å²) in [5.41, 5.74) is 15.4. The van der Waals surface area contributed by atoms with E-state index < -0.39 is 6.04 Å². The number of ether oxygens (including phenoxy) is 1. The molecule has 2 heterocycles. The third-order valence-corrected chi connectivity index (χ3v) is 8.90. The molecule has 4 atom stereocenters. The molecule has 1 aliphatic rings. The molecule has 4 rings (SSSR count). The lowest BCUT2D eigenvalue weighted by molar-refractivity contribution is -0.122. The zero-order valence-corrected chi connectivity index (χ0v) is 27.8. The highest BCUT2D eigenvalue weighted by molar-refractivity contribution is 6.21. The Hall–Kier alpha value is -4.16. The minimum Gasteiger partial charge on any atom is -0.501 e. The maximum absolute atomic E-state index is 13.0. The van der Waals surface area contributed by atoms with Gasteiger partial charge >= 0.3 is 0 Å². The molecule has 0 fully saturated rings. The molecule has 248 valence electrons. The number of fused-ring (bicyclic) bond motifs is 1. The Morgan fingerprint density at radius 3 is 2.72 bits per heavy atom. The van der Waals surface area contributed by atoms with Crippen molar-refractivity contribution in [2.45, 2.75) is 70.2 Å². The molecule has 0 radical (unpaired) electrons. The second-order valence-electron chi connectivity index (χ2n) is 11.4. The quantitative estimate of drug-likeness (QED) is 0.0709. The van der Waals surface area contributed by atoms with Crippen LogP contribution >= 0.6 is 11.6 Å². The van der Waals surface area contributed by atoms with Crippen LogP contribution in [0.1, 0.15) is 74.0 Å². The number of hydrogen-bond donors (Lipinski definition) is 5. The van der Waals surface area contributed by atoms with Crippen LogP contribution in [0, 0.1) is 5.92 Å². The molecule has 7 N–H and O–H groups in total. The minimum atomic E-state index is -0.635. The first-order chi connectivity index (χ1) is 22.2. The van der Waals surface area contributed by atoms with Crippen molar-refractivity contribution in [1.82, 2.24) is 25.0 Å². The molecule has 1 aliphatic carbocycles. The number of carbonyl (C=O) groups excluding carboxylic acids is 2. The van der Waals surface area contributed by atoms with Crippen molar-refractivity contribution in [3.8, 4) is 0 Å². The fourth-order valence-corrected chi connectivity index (χ4v) is 6.35. The number of benzene rings is 1. The van der Waals surface area contributed by atoms with Gasteiger partial charge in [0.25, 0.3) is 5.91 Å². The highest BCUT2D eigenvalue weighted by Crippen LogP contribution is 2.41. The first-order valence-corrected chi connectivity index (χ1v) is 16.3. The number of aliphatic imine (C=N–C) groups is 1. The normalized spacial score (nSPS) is 19.0. The van der Waals surface area contributed by atoms with Gasteiger partial charge in [-0.25, -0.2) is 9.97 Å². The molecule has 46 heavy (non-hydrogen) atoms. The summed E-state index contributed by atoms with van der Waals surface area (Å²) in [4.78, 5) is 38.6. The van der Waals surface area contributed by atoms with E-state index in [1.54, 1.807) is 26.3 Å². The van der Waals surface area contributed by atoms with Crippen molar-refractivity contribution in [2.75, 3.05) is 32.1 Å². The molecule has 1 aromatic carbocycles. The van der Waals surface area contributed by atoms with Gasteiger partial charge in [-0.05, 0) is 68.9 Å². The lowest BCUT2D eigenvalue weighted by Crippen LogP contribution is -2.43. The number of nitrogens with one attached hydrogen (secondary N) is 3. The highest BCUT2D eigenvalue weighted by Gasteiger charge is 2.36. The Bertz CT molecular complexity index is 1570. The number of amidine groups is 1. The number of rotatable bonds is 15. The average molecular weight is 652 g/mol. The average Bonchev–Trinajstić information content (AvgIpc) is 3.49. The number of nitrogens with zero attached hydrogens (tertiary/aromatic N) is 4. The van der Waals surface area contributed by atoms with Crippen molar-refractivity contribution < 1.29 is 14.3 Å². The van der Waals surface area contributed by atoms with Crippen molar-refractivity contribution in [2.24, 2.45) is 22.4 Å². The van der Waals surface area contributed by atoms with Crippen LogP contribution in [0.5, 0.6) is 0 Å². The number of aryl methyl sites for hydroxylation is 1. The van der Waals surface area contributed by atoms with E-state index in [0.717, 1.165) is 35.5 Å². The number of hydrogen-bond acceptors (Lipinski definition) is 8. The van der Waals surface area contributed by atoms with Crippen LogP contribution in [-0.4, -0.2) is 70.2 Å². The van der Waals surface area contributed by atoms with Crippen LogP contribution in [-0.2, 0) is 16.0 Å². The summed E-state index contributed by atoms with van der Waals surface area (Å²) >= 11 is 7.00. The van der Waals surface area contributed by atoms with E-state index in [9.17, 15) is 9.59 Å². The second-order valence-corrected chi connectivity index (χ2v) is 11.9. The Morgan fingerprint density at radius 2 is 2.00 bits per heavy atom. The van der Waals surface area contributed by atoms with Gasteiger partial charge in [0, 0.05) is 67.0 Å². The number of carbonyl (C=O) groups is 2. The zero-order chi connectivity index (χ0) is 33.2. The summed E-state index contributed by atoms with van der Waals surface area (Å²) in [5, 5.41) is 8.92. The van der Waals surface area contributed by atoms with Gasteiger partial charge in [0.15, 0.2) is 11.5 Å². The van der Waals surface area contributed by atoms with Gasteiger partial charge in [0.05, 0.1) is 30.1 Å². The monoisotopic (exact) mass is 651 g/mol. The van der Waals surface area contributed by atoms with Gasteiger partial charge in [-0.15, -0.1) is 11.6 Å². The molecule has 13 heteroatoms. The largest absolute Gasteiger partial charge is 0.501 e. The predicted octanol–water partition coefficient (Wildman–Crippen LogP) is 4.02. The fourth-order valence-electron chi connectivity index (χ4n) is 5.82. The van der Waals surface area contributed by atoms with Crippen LogP contribution in [0.3, 0.4) is 0 Å². The summed E-state index contributed by atoms with van der Waals surface area (Å²) in [5.74, 6) is 1.80. The summed E-state index contributed by atoms with van der Waals surface area (Å²) in [6.45, 7) is 6.92.